The van der Waals surface area contributed by atoms with Crippen molar-refractivity contribution in [3.8, 4) is 0 Å². The van der Waals surface area contributed by atoms with E-state index in [2.05, 4.69) is 5.32 Å². The van der Waals surface area contributed by atoms with Crippen LogP contribution in [0.25, 0.3) is 0 Å². The van der Waals surface area contributed by atoms with Gasteiger partial charge in [0.05, 0.1) is 11.4 Å². The first kappa shape index (κ1) is 17.4. The van der Waals surface area contributed by atoms with E-state index in [0.29, 0.717) is 30.8 Å². The zero-order valence-corrected chi connectivity index (χ0v) is 14.4. The molecule has 0 radical (unpaired) electrons. The van der Waals surface area contributed by atoms with Crippen LogP contribution in [0.1, 0.15) is 28.8 Å². The molecule has 1 saturated heterocycles. The van der Waals surface area contributed by atoms with Gasteiger partial charge in [-0.2, -0.15) is 0 Å². The minimum atomic E-state index is -3.26. The number of rotatable bonds is 4. The van der Waals surface area contributed by atoms with Crippen LogP contribution >= 0.6 is 0 Å². The summed E-state index contributed by atoms with van der Waals surface area (Å²) in [6.45, 7) is 0.764. The van der Waals surface area contributed by atoms with Crippen LogP contribution in [0.5, 0.6) is 0 Å². The Bertz CT molecular complexity index is 849. The van der Waals surface area contributed by atoms with E-state index in [4.69, 9.17) is 0 Å². The Morgan fingerprint density at radius 2 is 1.72 bits per heavy atom. The van der Waals surface area contributed by atoms with Gasteiger partial charge in [0.2, 0.25) is 10.0 Å². The molecule has 7 heteroatoms. The summed E-state index contributed by atoms with van der Waals surface area (Å²) in [5, 5.41) is 2.76. The summed E-state index contributed by atoms with van der Waals surface area (Å²) in [5.41, 5.74) is 1.82. The molecule has 132 valence electrons. The molecule has 2 aromatic carbocycles. The largest absolute Gasteiger partial charge is 0.348 e. The zero-order valence-electron chi connectivity index (χ0n) is 13.6. The number of anilines is 1. The molecule has 3 rings (SSSR count). The van der Waals surface area contributed by atoms with Gasteiger partial charge in [-0.3, -0.25) is 9.10 Å². The molecule has 1 heterocycles. The number of hydrogen-bond acceptors (Lipinski definition) is 3. The summed E-state index contributed by atoms with van der Waals surface area (Å²) in [6.07, 6.45) is 1.52. The van der Waals surface area contributed by atoms with Crippen molar-refractivity contribution in [1.29, 1.82) is 0 Å². The summed E-state index contributed by atoms with van der Waals surface area (Å²) in [5.74, 6) is -0.428. The summed E-state index contributed by atoms with van der Waals surface area (Å²) in [6, 6.07) is 12.4. The summed E-state index contributed by atoms with van der Waals surface area (Å²) >= 11 is 0. The Balaban J connectivity index is 1.65. The fraction of sp³-hybridized carbons (Fsp3) is 0.278. The molecule has 1 aliphatic rings. The van der Waals surface area contributed by atoms with Crippen molar-refractivity contribution in [1.82, 2.24) is 5.32 Å². The van der Waals surface area contributed by atoms with Gasteiger partial charge >= 0.3 is 0 Å². The van der Waals surface area contributed by atoms with Gasteiger partial charge in [0.15, 0.2) is 0 Å². The molecule has 0 atom stereocenters. The molecule has 0 saturated carbocycles. The molecule has 0 unspecified atom stereocenters. The third-order valence-corrected chi connectivity index (χ3v) is 6.00. The predicted octanol–water partition coefficient (Wildman–Crippen LogP) is 2.69. The lowest BCUT2D eigenvalue weighted by atomic mass is 10.1. The molecule has 25 heavy (non-hydrogen) atoms. The smallest absolute Gasteiger partial charge is 0.251 e. The van der Waals surface area contributed by atoms with Crippen LogP contribution in [-0.4, -0.2) is 26.6 Å². The molecule has 0 bridgehead atoms. The maximum absolute atomic E-state index is 12.9. The molecular weight excluding hydrogens is 343 g/mol. The number of hydrogen-bond donors (Lipinski definition) is 1. The van der Waals surface area contributed by atoms with Gasteiger partial charge < -0.3 is 5.32 Å². The van der Waals surface area contributed by atoms with Crippen molar-refractivity contribution in [3.63, 3.8) is 0 Å². The Kier molecular flexibility index (Phi) is 5.03. The van der Waals surface area contributed by atoms with Crippen LogP contribution in [0.2, 0.25) is 0 Å². The van der Waals surface area contributed by atoms with E-state index in [9.17, 15) is 17.6 Å². The van der Waals surface area contributed by atoms with Gasteiger partial charge in [-0.15, -0.1) is 0 Å². The Labute approximate surface area is 146 Å². The normalized spacial score (nSPS) is 16.4. The van der Waals surface area contributed by atoms with Crippen LogP contribution in [0.3, 0.4) is 0 Å². The predicted molar refractivity (Wildman–Crippen MR) is 94.4 cm³/mol. The molecule has 1 aliphatic heterocycles. The van der Waals surface area contributed by atoms with Crippen molar-refractivity contribution in [2.24, 2.45) is 0 Å². The van der Waals surface area contributed by atoms with E-state index in [1.54, 1.807) is 36.4 Å². The third kappa shape index (κ3) is 4.17. The Morgan fingerprint density at radius 1 is 1.04 bits per heavy atom. The van der Waals surface area contributed by atoms with E-state index >= 15 is 0 Å². The van der Waals surface area contributed by atoms with E-state index in [-0.39, 0.29) is 17.5 Å². The van der Waals surface area contributed by atoms with Crippen LogP contribution in [-0.2, 0) is 16.6 Å². The highest BCUT2D eigenvalue weighted by molar-refractivity contribution is 7.92. The van der Waals surface area contributed by atoms with Crippen molar-refractivity contribution in [2.75, 3.05) is 16.6 Å². The second kappa shape index (κ2) is 7.23. The number of amides is 1. The average molecular weight is 362 g/mol. The molecule has 2 aromatic rings. The monoisotopic (exact) mass is 362 g/mol. The number of nitrogens with zero attached hydrogens (tertiary/aromatic N) is 1. The van der Waals surface area contributed by atoms with Crippen LogP contribution in [0, 0.1) is 5.82 Å². The van der Waals surface area contributed by atoms with Crippen molar-refractivity contribution in [2.45, 2.75) is 19.4 Å². The molecule has 1 N–H and O–H groups in total. The summed E-state index contributed by atoms with van der Waals surface area (Å²) < 4.78 is 38.5. The van der Waals surface area contributed by atoms with E-state index in [0.717, 1.165) is 12.0 Å². The second-order valence-corrected chi connectivity index (χ2v) is 7.96. The molecule has 1 amide bonds. The highest BCUT2D eigenvalue weighted by atomic mass is 32.2. The first-order chi connectivity index (χ1) is 12.0. The van der Waals surface area contributed by atoms with Crippen LogP contribution < -0.4 is 9.62 Å². The zero-order chi connectivity index (χ0) is 17.9. The fourth-order valence-corrected chi connectivity index (χ4v) is 4.38. The second-order valence-electron chi connectivity index (χ2n) is 5.95. The number of nitrogens with one attached hydrogen (secondary N) is 1. The lowest BCUT2D eigenvalue weighted by molar-refractivity contribution is 0.0951. The van der Waals surface area contributed by atoms with Gasteiger partial charge in [0.25, 0.3) is 5.91 Å². The van der Waals surface area contributed by atoms with Crippen molar-refractivity contribution >= 4 is 21.6 Å². The highest BCUT2D eigenvalue weighted by Gasteiger charge is 2.25. The number of halogens is 1. The van der Waals surface area contributed by atoms with Gasteiger partial charge in [-0.25, -0.2) is 12.8 Å². The number of carbonyl (C=O) groups excluding carboxylic acids is 1. The highest BCUT2D eigenvalue weighted by Crippen LogP contribution is 2.23. The molecular formula is C18H19FN2O3S. The first-order valence-electron chi connectivity index (χ1n) is 8.09. The molecule has 0 spiro atoms. The van der Waals surface area contributed by atoms with E-state index in [1.807, 2.05) is 0 Å². The minimum Gasteiger partial charge on any atom is -0.348 e. The Hall–Kier alpha value is -2.41. The fourth-order valence-electron chi connectivity index (χ4n) is 2.74. The van der Waals surface area contributed by atoms with Crippen LogP contribution in [0.15, 0.2) is 48.5 Å². The van der Waals surface area contributed by atoms with Gasteiger partial charge in [-0.1, -0.05) is 12.1 Å². The summed E-state index contributed by atoms with van der Waals surface area (Å²) in [7, 11) is -3.26. The average Bonchev–Trinajstić information content (AvgIpc) is 2.61. The Morgan fingerprint density at radius 3 is 2.36 bits per heavy atom. The third-order valence-electron chi connectivity index (χ3n) is 4.13. The van der Waals surface area contributed by atoms with Gasteiger partial charge in [0, 0.05) is 18.7 Å². The lowest BCUT2D eigenvalue weighted by Crippen LogP contribution is -2.37. The van der Waals surface area contributed by atoms with Crippen molar-refractivity contribution < 1.29 is 17.6 Å². The van der Waals surface area contributed by atoms with Gasteiger partial charge in [0.1, 0.15) is 5.82 Å². The maximum atomic E-state index is 12.9. The maximum Gasteiger partial charge on any atom is 0.251 e. The minimum absolute atomic E-state index is 0.160. The molecule has 5 nitrogen and oxygen atoms in total. The standard InChI is InChI=1S/C18H19FN2O3S/c19-16-7-3-14(4-8-16)13-20-18(22)15-5-9-17(10-6-15)21-11-1-2-12-25(21,23)24/h3-10H,1-2,11-13H2,(H,20,22). The molecule has 0 aromatic heterocycles. The quantitative estimate of drug-likeness (QED) is 0.909. The van der Waals surface area contributed by atoms with E-state index in [1.165, 1.54) is 16.4 Å². The lowest BCUT2D eigenvalue weighted by Gasteiger charge is -2.28. The number of sulfonamides is 1. The number of benzene rings is 2. The van der Waals surface area contributed by atoms with Crippen LogP contribution in [0.4, 0.5) is 10.1 Å². The van der Waals surface area contributed by atoms with Gasteiger partial charge in [-0.05, 0) is 54.8 Å². The number of carbonyl (C=O) groups is 1. The molecule has 0 aliphatic carbocycles. The topological polar surface area (TPSA) is 66.5 Å². The summed E-state index contributed by atoms with van der Waals surface area (Å²) in [4.78, 5) is 12.2. The van der Waals surface area contributed by atoms with E-state index < -0.39 is 10.0 Å². The van der Waals surface area contributed by atoms with Crippen molar-refractivity contribution in [3.05, 3.63) is 65.5 Å². The SMILES string of the molecule is O=C(NCc1ccc(F)cc1)c1ccc(N2CCCCS2(=O)=O)cc1. The first-order valence-corrected chi connectivity index (χ1v) is 9.70. The molecule has 1 fully saturated rings.